The summed E-state index contributed by atoms with van der Waals surface area (Å²) in [7, 11) is 2.05. The van der Waals surface area contributed by atoms with Gasteiger partial charge >= 0.3 is 0 Å². The molecule has 0 saturated heterocycles. The Morgan fingerprint density at radius 2 is 2.10 bits per heavy atom. The second-order valence-electron chi connectivity index (χ2n) is 4.73. The summed E-state index contributed by atoms with van der Waals surface area (Å²) in [5.74, 6) is 1.84. The van der Waals surface area contributed by atoms with E-state index in [0.29, 0.717) is 0 Å². The van der Waals surface area contributed by atoms with Crippen molar-refractivity contribution in [1.29, 1.82) is 0 Å². The highest BCUT2D eigenvalue weighted by molar-refractivity contribution is 7.98. The third-order valence-corrected chi connectivity index (χ3v) is 3.52. The maximum absolute atomic E-state index is 8.79. The van der Waals surface area contributed by atoms with Crippen molar-refractivity contribution >= 4 is 23.4 Å². The summed E-state index contributed by atoms with van der Waals surface area (Å²) in [5, 5.41) is 12.9. The Hall–Kier alpha value is -1.01. The van der Waals surface area contributed by atoms with Crippen LogP contribution in [0.3, 0.4) is 0 Å². The first kappa shape index (κ1) is 17.0. The number of anilines is 2. The molecular weight excluding hydrogens is 272 g/mol. The lowest BCUT2D eigenvalue weighted by Gasteiger charge is -2.19. The number of nitrogens with zero attached hydrogens (tertiary/aromatic N) is 3. The number of hydrogen-bond donors (Lipinski definition) is 2. The zero-order chi connectivity index (χ0) is 14.8. The number of unbranched alkanes of at least 4 members (excludes halogenated alkanes) is 2. The van der Waals surface area contributed by atoms with Crippen molar-refractivity contribution in [3.05, 3.63) is 6.07 Å². The fourth-order valence-electron chi connectivity index (χ4n) is 1.80. The van der Waals surface area contributed by atoms with Gasteiger partial charge in [0.15, 0.2) is 5.16 Å². The maximum Gasteiger partial charge on any atom is 0.191 e. The number of nitrogens with one attached hydrogen (secondary N) is 1. The van der Waals surface area contributed by atoms with Crippen LogP contribution in [0.25, 0.3) is 0 Å². The lowest BCUT2D eigenvalue weighted by Crippen LogP contribution is -2.20. The molecule has 5 nitrogen and oxygen atoms in total. The van der Waals surface area contributed by atoms with Crippen LogP contribution in [0.2, 0.25) is 0 Å². The summed E-state index contributed by atoms with van der Waals surface area (Å²) >= 11 is 1.56. The predicted octanol–water partition coefficient (Wildman–Crippen LogP) is 2.62. The first-order valence-electron chi connectivity index (χ1n) is 7.20. The normalized spacial score (nSPS) is 10.6. The average molecular weight is 298 g/mol. The van der Waals surface area contributed by atoms with Gasteiger partial charge in [-0.2, -0.15) is 0 Å². The molecule has 20 heavy (non-hydrogen) atoms. The summed E-state index contributed by atoms with van der Waals surface area (Å²) in [6, 6.07) is 2.00. The van der Waals surface area contributed by atoms with Gasteiger partial charge in [0.25, 0.3) is 0 Å². The molecule has 114 valence electrons. The van der Waals surface area contributed by atoms with Gasteiger partial charge in [0.1, 0.15) is 11.6 Å². The van der Waals surface area contributed by atoms with E-state index in [1.54, 1.807) is 11.8 Å². The zero-order valence-corrected chi connectivity index (χ0v) is 13.5. The van der Waals surface area contributed by atoms with Gasteiger partial charge in [-0.15, -0.1) is 0 Å². The van der Waals surface area contributed by atoms with E-state index in [1.807, 2.05) is 12.3 Å². The highest BCUT2D eigenvalue weighted by Crippen LogP contribution is 2.20. The van der Waals surface area contributed by atoms with Crippen LogP contribution < -0.4 is 10.2 Å². The van der Waals surface area contributed by atoms with E-state index in [0.717, 1.165) is 55.6 Å². The summed E-state index contributed by atoms with van der Waals surface area (Å²) in [4.78, 5) is 11.2. The van der Waals surface area contributed by atoms with Crippen LogP contribution in [0.5, 0.6) is 0 Å². The van der Waals surface area contributed by atoms with E-state index in [1.165, 1.54) is 0 Å². The molecule has 0 aromatic carbocycles. The molecule has 0 aliphatic rings. The van der Waals surface area contributed by atoms with Crippen LogP contribution in [-0.2, 0) is 0 Å². The van der Waals surface area contributed by atoms with Gasteiger partial charge < -0.3 is 15.3 Å². The van der Waals surface area contributed by atoms with Crippen molar-refractivity contribution in [3.63, 3.8) is 0 Å². The Bertz CT molecular complexity index is 389. The summed E-state index contributed by atoms with van der Waals surface area (Å²) in [6.45, 7) is 4.28. The van der Waals surface area contributed by atoms with E-state index < -0.39 is 0 Å². The van der Waals surface area contributed by atoms with E-state index in [9.17, 15) is 0 Å². The second kappa shape index (κ2) is 9.83. The van der Waals surface area contributed by atoms with Crippen molar-refractivity contribution in [2.24, 2.45) is 0 Å². The molecule has 0 fully saturated rings. The lowest BCUT2D eigenvalue weighted by molar-refractivity contribution is 0.283. The summed E-state index contributed by atoms with van der Waals surface area (Å²) in [6.07, 6.45) is 6.04. The highest BCUT2D eigenvalue weighted by Gasteiger charge is 2.07. The molecule has 0 aliphatic carbocycles. The smallest absolute Gasteiger partial charge is 0.191 e. The Morgan fingerprint density at radius 3 is 2.75 bits per heavy atom. The quantitative estimate of drug-likeness (QED) is 0.393. The number of rotatable bonds is 10. The topological polar surface area (TPSA) is 61.3 Å². The van der Waals surface area contributed by atoms with Crippen LogP contribution in [0.1, 0.15) is 32.6 Å². The van der Waals surface area contributed by atoms with Gasteiger partial charge in [-0.3, -0.25) is 0 Å². The number of aromatic nitrogens is 2. The van der Waals surface area contributed by atoms with Crippen LogP contribution in [0.15, 0.2) is 11.2 Å². The number of hydrogen-bond acceptors (Lipinski definition) is 6. The molecule has 6 heteroatoms. The largest absolute Gasteiger partial charge is 0.396 e. The standard InChI is InChI=1S/C14H26N4OS/c1-4-8-15-12-11-13(17-14(16-12)20-3)18(2)9-6-5-7-10-19/h11,19H,4-10H2,1-3H3,(H,15,16,17). The molecule has 0 radical (unpaired) electrons. The van der Waals surface area contributed by atoms with Gasteiger partial charge in [-0.25, -0.2) is 9.97 Å². The second-order valence-corrected chi connectivity index (χ2v) is 5.50. The molecule has 0 atom stereocenters. The van der Waals surface area contributed by atoms with Crippen molar-refractivity contribution < 1.29 is 5.11 Å². The summed E-state index contributed by atoms with van der Waals surface area (Å²) in [5.41, 5.74) is 0. The van der Waals surface area contributed by atoms with Crippen molar-refractivity contribution in [2.45, 2.75) is 37.8 Å². The van der Waals surface area contributed by atoms with Crippen molar-refractivity contribution in [3.8, 4) is 0 Å². The number of thioether (sulfide) groups is 1. The van der Waals surface area contributed by atoms with E-state index in [4.69, 9.17) is 5.11 Å². The zero-order valence-electron chi connectivity index (χ0n) is 12.7. The van der Waals surface area contributed by atoms with E-state index in [-0.39, 0.29) is 6.61 Å². The van der Waals surface area contributed by atoms with Crippen molar-refractivity contribution in [1.82, 2.24) is 9.97 Å². The van der Waals surface area contributed by atoms with Gasteiger partial charge in [0, 0.05) is 32.8 Å². The molecule has 0 unspecified atom stereocenters. The molecule has 0 spiro atoms. The highest BCUT2D eigenvalue weighted by atomic mass is 32.2. The predicted molar refractivity (Wildman–Crippen MR) is 86.8 cm³/mol. The minimum absolute atomic E-state index is 0.277. The molecule has 1 aromatic heterocycles. The SMILES string of the molecule is CCCNc1cc(N(C)CCCCCO)nc(SC)n1. The molecule has 0 saturated carbocycles. The third kappa shape index (κ3) is 5.96. The first-order chi connectivity index (χ1) is 9.71. The molecular formula is C14H26N4OS. The van der Waals surface area contributed by atoms with Crippen LogP contribution in [-0.4, -0.2) is 48.1 Å². The molecule has 0 bridgehead atoms. The van der Waals surface area contributed by atoms with Crippen LogP contribution in [0, 0.1) is 0 Å². The number of aliphatic hydroxyl groups excluding tert-OH is 1. The van der Waals surface area contributed by atoms with Gasteiger partial charge in [0.2, 0.25) is 0 Å². The monoisotopic (exact) mass is 298 g/mol. The fourth-order valence-corrected chi connectivity index (χ4v) is 2.17. The minimum Gasteiger partial charge on any atom is -0.396 e. The molecule has 1 heterocycles. The average Bonchev–Trinajstić information content (AvgIpc) is 2.48. The molecule has 0 amide bonds. The molecule has 1 aromatic rings. The number of aliphatic hydroxyl groups is 1. The third-order valence-electron chi connectivity index (χ3n) is 2.97. The first-order valence-corrected chi connectivity index (χ1v) is 8.42. The fraction of sp³-hybridized carbons (Fsp3) is 0.714. The Morgan fingerprint density at radius 1 is 1.30 bits per heavy atom. The van der Waals surface area contributed by atoms with Gasteiger partial charge in [-0.1, -0.05) is 18.7 Å². The minimum atomic E-state index is 0.277. The van der Waals surface area contributed by atoms with Gasteiger partial charge in [0.05, 0.1) is 0 Å². The molecule has 1 rings (SSSR count). The van der Waals surface area contributed by atoms with Crippen LogP contribution >= 0.6 is 11.8 Å². The van der Waals surface area contributed by atoms with Crippen molar-refractivity contribution in [2.75, 3.05) is 43.2 Å². The molecule has 2 N–H and O–H groups in total. The van der Waals surface area contributed by atoms with E-state index in [2.05, 4.69) is 34.2 Å². The Kier molecular flexibility index (Phi) is 8.37. The molecule has 0 aliphatic heterocycles. The Balaban J connectivity index is 2.66. The summed E-state index contributed by atoms with van der Waals surface area (Å²) < 4.78 is 0. The Labute approximate surface area is 126 Å². The van der Waals surface area contributed by atoms with E-state index >= 15 is 0 Å². The maximum atomic E-state index is 8.79. The van der Waals surface area contributed by atoms with Gasteiger partial charge in [-0.05, 0) is 31.9 Å². The van der Waals surface area contributed by atoms with Crippen LogP contribution in [0.4, 0.5) is 11.6 Å². The lowest BCUT2D eigenvalue weighted by atomic mass is 10.2.